The first-order valence-electron chi connectivity index (χ1n) is 8.69. The summed E-state index contributed by atoms with van der Waals surface area (Å²) in [5, 5.41) is 21.4. The molecule has 4 rings (SSSR count). The Morgan fingerprint density at radius 1 is 1.40 bits per heavy atom. The number of nitrogens with zero attached hydrogens (tertiary/aromatic N) is 4. The summed E-state index contributed by atoms with van der Waals surface area (Å²) < 4.78 is 5.97. The second-order valence-electron chi connectivity index (χ2n) is 6.15. The van der Waals surface area contributed by atoms with Crippen LogP contribution in [0.15, 0.2) is 68.0 Å². The molecule has 30 heavy (non-hydrogen) atoms. The third-order valence-corrected chi connectivity index (χ3v) is 5.51. The Labute approximate surface area is 182 Å². The highest BCUT2D eigenvalue weighted by atomic mass is 79.9. The number of thioether (sulfide) groups is 1. The maximum absolute atomic E-state index is 12.9. The number of hydrogen-bond acceptors (Lipinski definition) is 8. The van der Waals surface area contributed by atoms with Crippen LogP contribution in [0.2, 0.25) is 0 Å². The van der Waals surface area contributed by atoms with E-state index in [1.807, 2.05) is 12.1 Å². The van der Waals surface area contributed by atoms with E-state index in [2.05, 4.69) is 37.9 Å². The first-order valence-corrected chi connectivity index (χ1v) is 10.5. The first kappa shape index (κ1) is 20.1. The molecule has 11 heteroatoms. The van der Waals surface area contributed by atoms with Crippen LogP contribution in [0, 0.1) is 10.1 Å². The number of nitrogens with one attached hydrogen (secondary N) is 1. The van der Waals surface area contributed by atoms with Crippen molar-refractivity contribution in [1.29, 1.82) is 0 Å². The van der Waals surface area contributed by atoms with Crippen molar-refractivity contribution in [2.75, 3.05) is 5.75 Å². The number of hydrazone groups is 1. The molecule has 2 aromatic rings. The van der Waals surface area contributed by atoms with Gasteiger partial charge in [-0.3, -0.25) is 25.2 Å². The summed E-state index contributed by atoms with van der Waals surface area (Å²) in [6.07, 6.45) is 4.32. The van der Waals surface area contributed by atoms with Gasteiger partial charge in [0.05, 0.1) is 11.4 Å². The Morgan fingerprint density at radius 3 is 2.97 bits per heavy atom. The summed E-state index contributed by atoms with van der Waals surface area (Å²) in [4.78, 5) is 27.8. The van der Waals surface area contributed by atoms with Crippen molar-refractivity contribution in [3.05, 3.63) is 80.0 Å². The fraction of sp³-hybridized carbons (Fsp3) is 0.105. The smallest absolute Gasteiger partial charge is 0.401 e. The van der Waals surface area contributed by atoms with Crippen molar-refractivity contribution in [2.45, 2.75) is 6.17 Å². The van der Waals surface area contributed by atoms with Gasteiger partial charge in [0.2, 0.25) is 0 Å². The lowest BCUT2D eigenvalue weighted by atomic mass is 10.1. The van der Waals surface area contributed by atoms with E-state index in [9.17, 15) is 14.9 Å². The van der Waals surface area contributed by atoms with E-state index in [4.69, 9.17) is 4.42 Å². The number of halogens is 1. The molecule has 1 aromatic carbocycles. The Hall–Kier alpha value is -3.18. The average Bonchev–Trinajstić information content (AvgIpc) is 3.20. The van der Waals surface area contributed by atoms with E-state index in [0.717, 1.165) is 4.47 Å². The number of amides is 1. The van der Waals surface area contributed by atoms with Gasteiger partial charge in [-0.05, 0) is 36.4 Å². The fourth-order valence-corrected chi connectivity index (χ4v) is 3.86. The van der Waals surface area contributed by atoms with Crippen LogP contribution in [0.25, 0.3) is 11.8 Å². The zero-order chi connectivity index (χ0) is 21.3. The SMILES string of the molecule is C=CCSC1=NN2C(=c3cc(Br)ccc3=N[C@H]2/C=C/c2ccc([N+](=O)[O-])o2)C(=O)N1. The predicted octanol–water partition coefficient (Wildman–Crippen LogP) is 2.35. The molecule has 0 saturated heterocycles. The summed E-state index contributed by atoms with van der Waals surface area (Å²) in [6.45, 7) is 3.68. The maximum Gasteiger partial charge on any atom is 0.433 e. The van der Waals surface area contributed by atoms with Crippen LogP contribution >= 0.6 is 27.7 Å². The van der Waals surface area contributed by atoms with Crippen LogP contribution in [-0.4, -0.2) is 32.9 Å². The molecule has 0 aliphatic carbocycles. The number of carbonyl (C=O) groups excluding carboxylic acids is 1. The fourth-order valence-electron chi connectivity index (χ4n) is 2.92. The largest absolute Gasteiger partial charge is 0.433 e. The predicted molar refractivity (Wildman–Crippen MR) is 117 cm³/mol. The van der Waals surface area contributed by atoms with Gasteiger partial charge in [0.15, 0.2) is 11.3 Å². The zero-order valence-electron chi connectivity index (χ0n) is 15.3. The standard InChI is InChI=1S/C19H14BrN5O4S/c1-2-9-30-19-22-18(26)17-13-10-11(20)3-6-14(13)21-15(24(17)23-19)7-4-12-5-8-16(29-12)25(27)28/h2-8,10,15H,1,9H2,(H,22,23,26)/b7-4+/t15-/m1/s1. The van der Waals surface area contributed by atoms with Crippen LogP contribution < -0.4 is 15.9 Å². The van der Waals surface area contributed by atoms with E-state index >= 15 is 0 Å². The average molecular weight is 488 g/mol. The molecule has 0 saturated carbocycles. The molecule has 152 valence electrons. The molecule has 3 heterocycles. The van der Waals surface area contributed by atoms with Crippen molar-refractivity contribution in [3.63, 3.8) is 0 Å². The van der Waals surface area contributed by atoms with Crippen molar-refractivity contribution >= 4 is 56.4 Å². The molecule has 1 atom stereocenters. The van der Waals surface area contributed by atoms with Gasteiger partial charge in [-0.2, -0.15) is 0 Å². The minimum absolute atomic E-state index is 0.294. The molecule has 0 bridgehead atoms. The topological polar surface area (TPSA) is 113 Å². The van der Waals surface area contributed by atoms with Gasteiger partial charge < -0.3 is 4.42 Å². The van der Waals surface area contributed by atoms with Crippen LogP contribution in [0.1, 0.15) is 5.76 Å². The Kier molecular flexibility index (Phi) is 5.55. The summed E-state index contributed by atoms with van der Waals surface area (Å²) in [6, 6.07) is 8.23. The Balaban J connectivity index is 1.78. The molecule has 1 aromatic heterocycles. The Bertz CT molecular complexity index is 1240. The second-order valence-corrected chi connectivity index (χ2v) is 8.07. The third-order valence-electron chi connectivity index (χ3n) is 4.16. The molecule has 2 aliphatic rings. The lowest BCUT2D eigenvalue weighted by Crippen LogP contribution is -2.52. The summed E-state index contributed by atoms with van der Waals surface area (Å²) in [5.41, 5.74) is 0.365. The van der Waals surface area contributed by atoms with Crippen molar-refractivity contribution < 1.29 is 14.1 Å². The number of hydrogen-bond donors (Lipinski definition) is 1. The number of rotatable bonds is 5. The monoisotopic (exact) mass is 487 g/mol. The normalized spacial score (nSPS) is 17.7. The molecule has 0 radical (unpaired) electrons. The van der Waals surface area contributed by atoms with E-state index in [0.29, 0.717) is 33.0 Å². The number of amidine groups is 1. The number of furan rings is 1. The summed E-state index contributed by atoms with van der Waals surface area (Å²) in [7, 11) is 0. The third kappa shape index (κ3) is 3.94. The summed E-state index contributed by atoms with van der Waals surface area (Å²) >= 11 is 4.77. The lowest BCUT2D eigenvalue weighted by Gasteiger charge is -2.32. The molecule has 1 amide bonds. The highest BCUT2D eigenvalue weighted by molar-refractivity contribution is 9.10. The van der Waals surface area contributed by atoms with Gasteiger partial charge in [-0.1, -0.05) is 33.8 Å². The van der Waals surface area contributed by atoms with Crippen LogP contribution in [0.3, 0.4) is 0 Å². The van der Waals surface area contributed by atoms with Crippen molar-refractivity contribution in [3.8, 4) is 0 Å². The van der Waals surface area contributed by atoms with Gasteiger partial charge in [0.1, 0.15) is 16.4 Å². The highest BCUT2D eigenvalue weighted by Crippen LogP contribution is 2.23. The molecule has 9 nitrogen and oxygen atoms in total. The molecular weight excluding hydrogens is 474 g/mol. The van der Waals surface area contributed by atoms with Gasteiger partial charge in [0.25, 0.3) is 5.91 Å². The summed E-state index contributed by atoms with van der Waals surface area (Å²) in [5.74, 6) is 0.235. The van der Waals surface area contributed by atoms with Crippen molar-refractivity contribution in [2.24, 2.45) is 10.1 Å². The number of nitro groups is 1. The molecule has 1 N–H and O–H groups in total. The van der Waals surface area contributed by atoms with E-state index in [1.165, 1.54) is 28.9 Å². The molecular formula is C19H14BrN5O4S. The number of carbonyl (C=O) groups is 1. The van der Waals surface area contributed by atoms with Crippen LogP contribution in [0.4, 0.5) is 5.88 Å². The molecule has 0 fully saturated rings. The van der Waals surface area contributed by atoms with Gasteiger partial charge >= 0.3 is 5.88 Å². The molecule has 2 aliphatic heterocycles. The maximum atomic E-state index is 12.9. The molecule has 0 spiro atoms. The number of fused-ring (bicyclic) bond motifs is 2. The van der Waals surface area contributed by atoms with E-state index in [-0.39, 0.29) is 11.8 Å². The van der Waals surface area contributed by atoms with Gasteiger partial charge in [-0.15, -0.1) is 11.7 Å². The highest BCUT2D eigenvalue weighted by Gasteiger charge is 2.32. The minimum atomic E-state index is -0.636. The zero-order valence-corrected chi connectivity index (χ0v) is 17.7. The number of benzene rings is 1. The van der Waals surface area contributed by atoms with Gasteiger partial charge in [-0.25, -0.2) is 5.01 Å². The molecule has 0 unspecified atom stereocenters. The Morgan fingerprint density at radius 2 is 2.23 bits per heavy atom. The quantitative estimate of drug-likeness (QED) is 0.393. The van der Waals surface area contributed by atoms with Crippen LogP contribution in [0.5, 0.6) is 0 Å². The van der Waals surface area contributed by atoms with Gasteiger partial charge in [0, 0.05) is 15.4 Å². The minimum Gasteiger partial charge on any atom is -0.401 e. The van der Waals surface area contributed by atoms with Crippen molar-refractivity contribution in [1.82, 2.24) is 10.3 Å². The first-order chi connectivity index (χ1) is 14.5. The van der Waals surface area contributed by atoms with Crippen LogP contribution in [-0.2, 0) is 4.79 Å². The van der Waals surface area contributed by atoms with E-state index in [1.54, 1.807) is 24.3 Å². The second kappa shape index (κ2) is 8.28. The lowest BCUT2D eigenvalue weighted by molar-refractivity contribution is -0.402. The van der Waals surface area contributed by atoms with E-state index < -0.39 is 11.1 Å².